The number of unbranched alkanes of at least 4 members (excludes halogenated alkanes) is 2. The number of amides is 1. The van der Waals surface area contributed by atoms with Gasteiger partial charge < -0.3 is 5.11 Å². The highest BCUT2D eigenvalue weighted by atomic mass is 31.1. The number of carboxylic acids is 1. The van der Waals surface area contributed by atoms with E-state index in [1.54, 1.807) is 24.3 Å². The molecule has 0 fully saturated rings. The molecule has 0 radical (unpaired) electrons. The molecule has 1 unspecified atom stereocenters. The molecule has 3 rings (SSSR count). The SMILES string of the molecule is CC(=O)N(c1ccc(-c2ccccc2)cc1)[C@@](CCCCCc1ccccc1)(C(=O)O)[P+](=O)O. The van der Waals surface area contributed by atoms with Crippen molar-refractivity contribution >= 4 is 25.6 Å². The molecule has 0 aromatic heterocycles. The van der Waals surface area contributed by atoms with E-state index in [1.165, 1.54) is 12.5 Å². The van der Waals surface area contributed by atoms with Gasteiger partial charge in [0.2, 0.25) is 5.91 Å². The van der Waals surface area contributed by atoms with E-state index >= 15 is 0 Å². The second-order valence-electron chi connectivity index (χ2n) is 8.21. The lowest BCUT2D eigenvalue weighted by molar-refractivity contribution is -0.142. The summed E-state index contributed by atoms with van der Waals surface area (Å²) < 4.78 is 12.5. The van der Waals surface area contributed by atoms with E-state index in [1.807, 2.05) is 60.7 Å². The molecular weight excluding hydrogens is 449 g/mol. The fraction of sp³-hybridized carbons (Fsp3) is 0.259. The van der Waals surface area contributed by atoms with E-state index in [4.69, 9.17) is 0 Å². The number of rotatable bonds is 11. The molecule has 0 saturated heterocycles. The van der Waals surface area contributed by atoms with Gasteiger partial charge in [0.25, 0.3) is 0 Å². The van der Waals surface area contributed by atoms with Crippen molar-refractivity contribution in [1.29, 1.82) is 0 Å². The lowest BCUT2D eigenvalue weighted by Gasteiger charge is -2.31. The molecule has 0 aliphatic carbocycles. The van der Waals surface area contributed by atoms with Crippen molar-refractivity contribution < 1.29 is 24.2 Å². The molecule has 0 aliphatic heterocycles. The Morgan fingerprint density at radius 2 is 1.38 bits per heavy atom. The van der Waals surface area contributed by atoms with Crippen LogP contribution in [-0.4, -0.2) is 27.2 Å². The van der Waals surface area contributed by atoms with Gasteiger partial charge in [-0.05, 0) is 52.7 Å². The van der Waals surface area contributed by atoms with Gasteiger partial charge in [0.05, 0.1) is 0 Å². The Kier molecular flexibility index (Phi) is 8.69. The summed E-state index contributed by atoms with van der Waals surface area (Å²) in [5.41, 5.74) is 3.32. The molecule has 2 atom stereocenters. The van der Waals surface area contributed by atoms with Gasteiger partial charge in [-0.15, -0.1) is 0 Å². The molecule has 0 saturated carbocycles. The Labute approximate surface area is 200 Å². The number of carbonyl (C=O) groups excluding carboxylic acids is 1. The fourth-order valence-electron chi connectivity index (χ4n) is 4.19. The predicted octanol–water partition coefficient (Wildman–Crippen LogP) is 6.03. The zero-order valence-corrected chi connectivity index (χ0v) is 20.0. The van der Waals surface area contributed by atoms with Crippen LogP contribution in [0.15, 0.2) is 84.9 Å². The summed E-state index contributed by atoms with van der Waals surface area (Å²) >= 11 is 0. The van der Waals surface area contributed by atoms with Crippen LogP contribution in [0.2, 0.25) is 0 Å². The molecule has 0 aliphatic rings. The summed E-state index contributed by atoms with van der Waals surface area (Å²) in [6.45, 7) is 1.22. The van der Waals surface area contributed by atoms with Gasteiger partial charge in [-0.3, -0.25) is 9.69 Å². The Morgan fingerprint density at radius 1 is 0.824 bits per heavy atom. The topological polar surface area (TPSA) is 94.9 Å². The van der Waals surface area contributed by atoms with Crippen LogP contribution in [0, 0.1) is 0 Å². The maximum Gasteiger partial charge on any atom is 0.547 e. The minimum absolute atomic E-state index is 0.122. The Balaban J connectivity index is 1.82. The van der Waals surface area contributed by atoms with Gasteiger partial charge in [-0.25, -0.2) is 4.79 Å². The lowest BCUT2D eigenvalue weighted by Crippen LogP contribution is -2.54. The first-order chi connectivity index (χ1) is 16.4. The molecule has 2 N–H and O–H groups in total. The molecule has 3 aromatic carbocycles. The number of aliphatic carboxylic acids is 1. The highest BCUT2D eigenvalue weighted by molar-refractivity contribution is 7.41. The summed E-state index contributed by atoms with van der Waals surface area (Å²) in [6, 6.07) is 26.4. The monoisotopic (exact) mass is 478 g/mol. The molecule has 3 aromatic rings. The van der Waals surface area contributed by atoms with Crippen molar-refractivity contribution in [2.24, 2.45) is 0 Å². The van der Waals surface area contributed by atoms with Gasteiger partial charge in [0.15, 0.2) is 0 Å². The Morgan fingerprint density at radius 3 is 1.91 bits per heavy atom. The van der Waals surface area contributed by atoms with Crippen molar-refractivity contribution in [3.8, 4) is 11.1 Å². The van der Waals surface area contributed by atoms with Crippen LogP contribution in [-0.2, 0) is 20.6 Å². The van der Waals surface area contributed by atoms with Gasteiger partial charge in [0.1, 0.15) is 0 Å². The predicted molar refractivity (Wildman–Crippen MR) is 134 cm³/mol. The molecule has 0 spiro atoms. The standard InChI is InChI=1S/C27H28NO5P/c1-21(29)28(25-18-16-24(17-19-25)23-14-8-3-9-15-23)27(26(30)31,34(32)33)20-10-4-7-13-22-11-5-2-6-12-22/h2-3,5-6,8-9,11-12,14-19H,4,7,10,13,20H2,1H3,(H-,30,31,32,33)/p+1/t27-/m1/s1. The first kappa shape index (κ1) is 25.3. The summed E-state index contributed by atoms with van der Waals surface area (Å²) in [5.74, 6) is -2.09. The smallest absolute Gasteiger partial charge is 0.476 e. The van der Waals surface area contributed by atoms with E-state index in [-0.39, 0.29) is 12.1 Å². The molecule has 0 bridgehead atoms. The highest BCUT2D eigenvalue weighted by Crippen LogP contribution is 2.45. The number of carbonyl (C=O) groups is 2. The summed E-state index contributed by atoms with van der Waals surface area (Å²) in [5, 5.41) is 7.87. The first-order valence-corrected chi connectivity index (χ1v) is 12.5. The van der Waals surface area contributed by atoms with E-state index in [2.05, 4.69) is 0 Å². The van der Waals surface area contributed by atoms with Crippen molar-refractivity contribution in [1.82, 2.24) is 0 Å². The maximum absolute atomic E-state index is 12.7. The van der Waals surface area contributed by atoms with Crippen molar-refractivity contribution in [3.05, 3.63) is 90.5 Å². The van der Waals surface area contributed by atoms with Crippen LogP contribution < -0.4 is 4.90 Å². The minimum atomic E-state index is -3.24. The number of benzene rings is 3. The second-order valence-corrected chi connectivity index (χ2v) is 9.49. The van der Waals surface area contributed by atoms with Crippen molar-refractivity contribution in [2.75, 3.05) is 4.90 Å². The largest absolute Gasteiger partial charge is 0.547 e. The molecular formula is C27H29NO5P+. The normalized spacial score (nSPS) is 13.1. The molecule has 176 valence electrons. The van der Waals surface area contributed by atoms with Crippen LogP contribution in [0.5, 0.6) is 0 Å². The number of aryl methyl sites for hydroxylation is 1. The minimum Gasteiger partial charge on any atom is -0.476 e. The first-order valence-electron chi connectivity index (χ1n) is 11.3. The summed E-state index contributed by atoms with van der Waals surface area (Å²) in [7, 11) is -3.24. The van der Waals surface area contributed by atoms with Gasteiger partial charge in [-0.1, -0.05) is 79.2 Å². The van der Waals surface area contributed by atoms with E-state index in [0.29, 0.717) is 12.8 Å². The van der Waals surface area contributed by atoms with E-state index in [9.17, 15) is 24.2 Å². The Hall–Kier alpha value is -3.34. The number of anilines is 1. The summed E-state index contributed by atoms with van der Waals surface area (Å²) in [4.78, 5) is 36.3. The average Bonchev–Trinajstić information content (AvgIpc) is 2.84. The number of nitrogens with zero attached hydrogens (tertiary/aromatic N) is 1. The van der Waals surface area contributed by atoms with Crippen LogP contribution >= 0.6 is 8.03 Å². The van der Waals surface area contributed by atoms with Crippen molar-refractivity contribution in [2.45, 2.75) is 44.3 Å². The molecule has 7 heteroatoms. The third-order valence-electron chi connectivity index (χ3n) is 5.91. The highest BCUT2D eigenvalue weighted by Gasteiger charge is 2.63. The number of carboxylic acid groups (broad SMARTS) is 1. The molecule has 34 heavy (non-hydrogen) atoms. The molecule has 6 nitrogen and oxygen atoms in total. The van der Waals surface area contributed by atoms with Crippen LogP contribution in [0.4, 0.5) is 5.69 Å². The lowest BCUT2D eigenvalue weighted by atomic mass is 10.0. The third kappa shape index (κ3) is 5.77. The van der Waals surface area contributed by atoms with Gasteiger partial charge in [-0.2, -0.15) is 4.89 Å². The van der Waals surface area contributed by atoms with Crippen LogP contribution in [0.1, 0.15) is 38.2 Å². The van der Waals surface area contributed by atoms with E-state index < -0.39 is 25.2 Å². The molecule has 0 heterocycles. The zero-order chi connectivity index (χ0) is 24.6. The number of hydrogen-bond donors (Lipinski definition) is 2. The van der Waals surface area contributed by atoms with Gasteiger partial charge in [0, 0.05) is 19.0 Å². The quantitative estimate of drug-likeness (QED) is 0.259. The molecule has 1 amide bonds. The zero-order valence-electron chi connectivity index (χ0n) is 19.1. The average molecular weight is 479 g/mol. The fourth-order valence-corrected chi connectivity index (χ4v) is 5.13. The van der Waals surface area contributed by atoms with Crippen molar-refractivity contribution in [3.63, 3.8) is 0 Å². The Bertz CT molecular complexity index is 1100. The second kappa shape index (κ2) is 11.7. The summed E-state index contributed by atoms with van der Waals surface area (Å²) in [6.07, 6.45) is 2.60. The van der Waals surface area contributed by atoms with Crippen LogP contribution in [0.3, 0.4) is 0 Å². The third-order valence-corrected chi connectivity index (χ3v) is 7.16. The number of hydrogen-bond acceptors (Lipinski definition) is 3. The van der Waals surface area contributed by atoms with Crippen LogP contribution in [0.25, 0.3) is 11.1 Å². The van der Waals surface area contributed by atoms with E-state index in [0.717, 1.165) is 28.9 Å². The maximum atomic E-state index is 12.7. The van der Waals surface area contributed by atoms with Gasteiger partial charge >= 0.3 is 19.3 Å².